The highest BCUT2D eigenvalue weighted by Gasteiger charge is 2.11. The molecule has 1 unspecified atom stereocenters. The number of rotatable bonds is 7. The van der Waals surface area contributed by atoms with Crippen LogP contribution in [-0.2, 0) is 4.79 Å². The third-order valence-electron chi connectivity index (χ3n) is 2.15. The fourth-order valence-corrected chi connectivity index (χ4v) is 1.48. The van der Waals surface area contributed by atoms with Gasteiger partial charge in [-0.2, -0.15) is 12.6 Å². The Morgan fingerprint density at radius 1 is 1.46 bits per heavy atom. The molecule has 0 saturated carbocycles. The molecule has 0 aliphatic heterocycles. The van der Waals surface area contributed by atoms with Crippen LogP contribution in [-0.4, -0.2) is 36.7 Å². The van der Waals surface area contributed by atoms with Gasteiger partial charge in [-0.15, -0.1) is 0 Å². The van der Waals surface area contributed by atoms with Crippen molar-refractivity contribution in [1.82, 2.24) is 4.90 Å². The Labute approximate surface area is 86.1 Å². The van der Waals surface area contributed by atoms with Gasteiger partial charge in [-0.05, 0) is 39.1 Å². The van der Waals surface area contributed by atoms with Crippen molar-refractivity contribution in [3.63, 3.8) is 0 Å². The molecule has 0 aliphatic carbocycles. The van der Waals surface area contributed by atoms with E-state index in [0.29, 0.717) is 12.5 Å². The van der Waals surface area contributed by atoms with Crippen molar-refractivity contribution in [2.75, 3.05) is 19.8 Å². The summed E-state index contributed by atoms with van der Waals surface area (Å²) in [5.41, 5.74) is 5.10. The molecule has 13 heavy (non-hydrogen) atoms. The minimum Gasteiger partial charge on any atom is -0.370 e. The molecule has 0 rings (SSSR count). The van der Waals surface area contributed by atoms with Crippen molar-refractivity contribution in [2.45, 2.75) is 31.7 Å². The van der Waals surface area contributed by atoms with Crippen molar-refractivity contribution in [3.05, 3.63) is 0 Å². The molecule has 0 radical (unpaired) electrons. The maximum Gasteiger partial charge on any atom is 0.217 e. The molecule has 3 nitrogen and oxygen atoms in total. The third kappa shape index (κ3) is 6.90. The van der Waals surface area contributed by atoms with Crippen LogP contribution in [0.3, 0.4) is 0 Å². The molecule has 4 heteroatoms. The number of amides is 1. The highest BCUT2D eigenvalue weighted by Crippen LogP contribution is 2.10. The zero-order valence-electron chi connectivity index (χ0n) is 8.49. The molecule has 0 aromatic rings. The van der Waals surface area contributed by atoms with Crippen molar-refractivity contribution in [3.8, 4) is 0 Å². The number of carbonyl (C=O) groups excluding carboxylic acids is 1. The maximum absolute atomic E-state index is 10.6. The van der Waals surface area contributed by atoms with Gasteiger partial charge in [0.1, 0.15) is 0 Å². The van der Waals surface area contributed by atoms with Crippen LogP contribution in [0.5, 0.6) is 0 Å². The fourth-order valence-electron chi connectivity index (χ4n) is 1.30. The molecule has 0 aromatic heterocycles. The molecule has 78 valence electrons. The largest absolute Gasteiger partial charge is 0.370 e. The molecule has 1 atom stereocenters. The van der Waals surface area contributed by atoms with Crippen molar-refractivity contribution in [1.29, 1.82) is 0 Å². The number of nitrogens with two attached hydrogens (primary N) is 1. The van der Waals surface area contributed by atoms with Gasteiger partial charge < -0.3 is 10.6 Å². The lowest BCUT2D eigenvalue weighted by molar-refractivity contribution is -0.118. The summed E-state index contributed by atoms with van der Waals surface area (Å²) in [7, 11) is 4.06. The van der Waals surface area contributed by atoms with E-state index in [1.54, 1.807) is 0 Å². The van der Waals surface area contributed by atoms with Gasteiger partial charge in [0, 0.05) is 12.5 Å². The van der Waals surface area contributed by atoms with Gasteiger partial charge in [-0.1, -0.05) is 0 Å². The van der Waals surface area contributed by atoms with Gasteiger partial charge in [-0.3, -0.25) is 4.79 Å². The summed E-state index contributed by atoms with van der Waals surface area (Å²) < 4.78 is 0. The van der Waals surface area contributed by atoms with E-state index < -0.39 is 0 Å². The Balaban J connectivity index is 3.73. The highest BCUT2D eigenvalue weighted by molar-refractivity contribution is 7.80. The lowest BCUT2D eigenvalue weighted by Crippen LogP contribution is -2.29. The smallest absolute Gasteiger partial charge is 0.217 e. The van der Waals surface area contributed by atoms with Crippen molar-refractivity contribution >= 4 is 18.5 Å². The summed E-state index contributed by atoms with van der Waals surface area (Å²) in [4.78, 5) is 12.7. The number of hydrogen-bond acceptors (Lipinski definition) is 3. The molecule has 0 fully saturated rings. The zero-order chi connectivity index (χ0) is 10.3. The summed E-state index contributed by atoms with van der Waals surface area (Å²) in [6, 6.07) is 0.458. The Kier molecular flexibility index (Phi) is 7.09. The zero-order valence-corrected chi connectivity index (χ0v) is 9.39. The second-order valence-electron chi connectivity index (χ2n) is 3.49. The standard InChI is InChI=1S/C9H20N2OS/c1-11(2)8(4-3-7-13)5-6-9(10)12/h8,13H,3-7H2,1-2H3,(H2,10,12). The topological polar surface area (TPSA) is 46.3 Å². The summed E-state index contributed by atoms with van der Waals surface area (Å²) in [5, 5.41) is 0. The number of nitrogens with zero attached hydrogens (tertiary/aromatic N) is 1. The van der Waals surface area contributed by atoms with E-state index in [-0.39, 0.29) is 5.91 Å². The van der Waals surface area contributed by atoms with Crippen LogP contribution in [0.1, 0.15) is 25.7 Å². The minimum atomic E-state index is -0.210. The Hall–Kier alpha value is -0.220. The molecular weight excluding hydrogens is 184 g/mol. The van der Waals surface area contributed by atoms with E-state index in [1.807, 2.05) is 14.1 Å². The third-order valence-corrected chi connectivity index (χ3v) is 2.47. The number of thiol groups is 1. The van der Waals surface area contributed by atoms with E-state index in [1.165, 1.54) is 0 Å². The van der Waals surface area contributed by atoms with Crippen LogP contribution < -0.4 is 5.73 Å². The summed E-state index contributed by atoms with van der Waals surface area (Å²) >= 11 is 4.16. The van der Waals surface area contributed by atoms with Crippen LogP contribution in [0.4, 0.5) is 0 Å². The Morgan fingerprint density at radius 2 is 2.08 bits per heavy atom. The Bertz CT molecular complexity index is 151. The van der Waals surface area contributed by atoms with Crippen LogP contribution in [0.25, 0.3) is 0 Å². The molecule has 2 N–H and O–H groups in total. The van der Waals surface area contributed by atoms with Gasteiger partial charge in [0.15, 0.2) is 0 Å². The van der Waals surface area contributed by atoms with E-state index >= 15 is 0 Å². The van der Waals surface area contributed by atoms with Crippen LogP contribution >= 0.6 is 12.6 Å². The van der Waals surface area contributed by atoms with Gasteiger partial charge in [0.2, 0.25) is 5.91 Å². The molecule has 0 bridgehead atoms. The summed E-state index contributed by atoms with van der Waals surface area (Å²) in [5.74, 6) is 0.693. The average molecular weight is 204 g/mol. The second kappa shape index (κ2) is 7.21. The first-order valence-corrected chi connectivity index (χ1v) is 5.26. The lowest BCUT2D eigenvalue weighted by Gasteiger charge is -2.23. The second-order valence-corrected chi connectivity index (χ2v) is 3.94. The monoisotopic (exact) mass is 204 g/mol. The average Bonchev–Trinajstić information content (AvgIpc) is 2.03. The first-order chi connectivity index (χ1) is 6.07. The number of hydrogen-bond donors (Lipinski definition) is 2. The quantitative estimate of drug-likeness (QED) is 0.605. The normalized spacial score (nSPS) is 13.2. The van der Waals surface area contributed by atoms with Gasteiger partial charge in [0.05, 0.1) is 0 Å². The van der Waals surface area contributed by atoms with Crippen LogP contribution in [0, 0.1) is 0 Å². The molecule has 1 amide bonds. The number of primary amides is 1. The predicted octanol–water partition coefficient (Wildman–Crippen LogP) is 0.892. The van der Waals surface area contributed by atoms with E-state index in [9.17, 15) is 4.79 Å². The van der Waals surface area contributed by atoms with E-state index in [2.05, 4.69) is 17.5 Å². The van der Waals surface area contributed by atoms with Gasteiger partial charge >= 0.3 is 0 Å². The molecular formula is C9H20N2OS. The first-order valence-electron chi connectivity index (χ1n) is 4.63. The van der Waals surface area contributed by atoms with Crippen LogP contribution in [0.15, 0.2) is 0 Å². The van der Waals surface area contributed by atoms with Gasteiger partial charge in [-0.25, -0.2) is 0 Å². The fraction of sp³-hybridized carbons (Fsp3) is 0.889. The maximum atomic E-state index is 10.6. The van der Waals surface area contributed by atoms with Crippen molar-refractivity contribution < 1.29 is 4.79 Å². The molecule has 0 aliphatic rings. The molecule has 0 aromatic carbocycles. The lowest BCUT2D eigenvalue weighted by atomic mass is 10.1. The molecule has 0 heterocycles. The van der Waals surface area contributed by atoms with E-state index in [0.717, 1.165) is 25.0 Å². The first kappa shape index (κ1) is 12.8. The molecule has 0 spiro atoms. The summed E-state index contributed by atoms with van der Waals surface area (Å²) in [6.45, 7) is 0. The van der Waals surface area contributed by atoms with Gasteiger partial charge in [0.25, 0.3) is 0 Å². The highest BCUT2D eigenvalue weighted by atomic mass is 32.1. The van der Waals surface area contributed by atoms with Crippen LogP contribution in [0.2, 0.25) is 0 Å². The number of carbonyl (C=O) groups is 1. The predicted molar refractivity (Wildman–Crippen MR) is 59.0 cm³/mol. The summed E-state index contributed by atoms with van der Waals surface area (Å²) in [6.07, 6.45) is 3.51. The van der Waals surface area contributed by atoms with Crippen molar-refractivity contribution in [2.24, 2.45) is 5.73 Å². The SMILES string of the molecule is CN(C)C(CCCS)CCC(N)=O. The van der Waals surface area contributed by atoms with E-state index in [4.69, 9.17) is 5.73 Å². The molecule has 0 saturated heterocycles. The Morgan fingerprint density at radius 3 is 2.46 bits per heavy atom. The minimum absolute atomic E-state index is 0.210.